The molecular weight excluding hydrogens is 609 g/mol. The summed E-state index contributed by atoms with van der Waals surface area (Å²) >= 11 is 14.3. The molecule has 0 amide bonds. The molecule has 4 unspecified atom stereocenters. The Kier molecular flexibility index (Phi) is 10.7. The second-order valence-electron chi connectivity index (χ2n) is 8.28. The van der Waals surface area contributed by atoms with E-state index >= 15 is 0 Å². The Balaban J connectivity index is 1.30. The van der Waals surface area contributed by atoms with Crippen LogP contribution in [0.15, 0.2) is 45.3 Å². The molecule has 4 rings (SSSR count). The van der Waals surface area contributed by atoms with Gasteiger partial charge < -0.3 is 16.0 Å². The number of nitrogens with one attached hydrogen (secondary N) is 4. The lowest BCUT2D eigenvalue weighted by Crippen LogP contribution is -2.63. The van der Waals surface area contributed by atoms with E-state index in [1.807, 2.05) is 47.4 Å². The third-order valence-electron chi connectivity index (χ3n) is 5.72. The lowest BCUT2D eigenvalue weighted by atomic mass is 10.2. The number of halogens is 2. The molecule has 0 aromatic carbocycles. The number of nitrogens with zero attached hydrogens (tertiary/aromatic N) is 2. The van der Waals surface area contributed by atoms with Gasteiger partial charge in [0, 0.05) is 58.2 Å². The van der Waals surface area contributed by atoms with Crippen LogP contribution < -0.4 is 27.0 Å². The number of alkyl halides is 1. The van der Waals surface area contributed by atoms with E-state index in [2.05, 4.69) is 79.1 Å². The van der Waals surface area contributed by atoms with Crippen LogP contribution in [0.3, 0.4) is 0 Å². The van der Waals surface area contributed by atoms with E-state index in [1.54, 1.807) is 0 Å². The predicted molar refractivity (Wildman–Crippen MR) is 155 cm³/mol. The van der Waals surface area contributed by atoms with Gasteiger partial charge in [-0.05, 0) is 48.6 Å². The summed E-state index contributed by atoms with van der Waals surface area (Å²) in [6.45, 7) is 4.02. The highest BCUT2D eigenvalue weighted by Crippen LogP contribution is 2.40. The van der Waals surface area contributed by atoms with Crippen LogP contribution >= 0.6 is 69.5 Å². The predicted octanol–water partition coefficient (Wildman–Crippen LogP) is 2.91. The largest absolute Gasteiger partial charge is 0.366 e. The summed E-state index contributed by atoms with van der Waals surface area (Å²) in [7, 11) is 2.16. The highest BCUT2D eigenvalue weighted by molar-refractivity contribution is 14.1. The molecular formula is C21H33ClIN7S3. The van der Waals surface area contributed by atoms with Crippen molar-refractivity contribution in [2.75, 3.05) is 39.0 Å². The van der Waals surface area contributed by atoms with Crippen molar-refractivity contribution in [2.24, 2.45) is 5.73 Å². The van der Waals surface area contributed by atoms with E-state index < -0.39 is 0 Å². The average Bonchev–Trinajstić information content (AvgIpc) is 3.46. The summed E-state index contributed by atoms with van der Waals surface area (Å²) in [4.78, 5) is 7.38. The van der Waals surface area contributed by atoms with Gasteiger partial charge in [0.1, 0.15) is 21.5 Å². The molecule has 7 nitrogen and oxygen atoms in total. The molecule has 1 fully saturated rings. The fraction of sp³-hybridized carbons (Fsp3) is 0.619. The van der Waals surface area contributed by atoms with Gasteiger partial charge in [0.2, 0.25) is 0 Å². The zero-order valence-corrected chi connectivity index (χ0v) is 24.0. The number of rotatable bonds is 10. The Labute approximate surface area is 228 Å². The molecule has 3 heterocycles. The number of nitrogens with two attached hydrogens (primary N) is 1. The summed E-state index contributed by atoms with van der Waals surface area (Å²) < 4.78 is 0.0498. The summed E-state index contributed by atoms with van der Waals surface area (Å²) in [6, 6.07) is 0. The zero-order valence-electron chi connectivity index (χ0n) is 18.7. The molecule has 0 spiro atoms. The molecule has 1 saturated heterocycles. The first-order chi connectivity index (χ1) is 16.0. The standard InChI is InChI=1S/C21H33ClIN7S3/c1-29-7-9-30(10-8-29)19(24)28-21(32-15-5-2-4-14(22)12-15)27-18(23)26-20-25-13-17(33-20)16-6-3-11-31-16/h2,4-6,13,15,18-21,25-28H,3,7-12,24H2,1H3/t15?,18?,19-,20?,21?/m1/s1. The smallest absolute Gasteiger partial charge is 0.131 e. The van der Waals surface area contributed by atoms with Crippen LogP contribution in [-0.4, -0.2) is 75.5 Å². The molecule has 0 radical (unpaired) electrons. The van der Waals surface area contributed by atoms with Gasteiger partial charge in [-0.3, -0.25) is 20.9 Å². The molecule has 12 heteroatoms. The highest BCUT2D eigenvalue weighted by Gasteiger charge is 2.27. The summed E-state index contributed by atoms with van der Waals surface area (Å²) in [5.41, 5.74) is 6.70. The van der Waals surface area contributed by atoms with Crippen molar-refractivity contribution in [3.05, 3.63) is 45.3 Å². The maximum Gasteiger partial charge on any atom is 0.131 e. The molecule has 0 bridgehead atoms. The van der Waals surface area contributed by atoms with Gasteiger partial charge in [-0.1, -0.05) is 41.6 Å². The Hall–Kier alpha value is 0.590. The lowest BCUT2D eigenvalue weighted by molar-refractivity contribution is 0.0932. The van der Waals surface area contributed by atoms with Crippen LogP contribution in [0, 0.1) is 0 Å². The normalized spacial score (nSPS) is 29.3. The number of piperazine rings is 1. The van der Waals surface area contributed by atoms with Gasteiger partial charge in [-0.2, -0.15) is 0 Å². The second kappa shape index (κ2) is 13.2. The first kappa shape index (κ1) is 26.6. The number of hydrogen-bond donors (Lipinski definition) is 5. The number of likely N-dealkylation sites (N-methyl/N-ethyl adjacent to an activating group) is 1. The summed E-state index contributed by atoms with van der Waals surface area (Å²) in [6.07, 6.45) is 12.5. The first-order valence-corrected chi connectivity index (χ1v) is 15.6. The fourth-order valence-corrected chi connectivity index (χ4v) is 8.75. The Morgan fingerprint density at radius 2 is 2.09 bits per heavy atom. The second-order valence-corrected chi connectivity index (χ2v) is 13.6. The van der Waals surface area contributed by atoms with Crippen molar-refractivity contribution in [1.29, 1.82) is 0 Å². The molecule has 5 atom stereocenters. The number of allylic oxidation sites excluding steroid dienone is 4. The van der Waals surface area contributed by atoms with Crippen LogP contribution in [0.2, 0.25) is 0 Å². The van der Waals surface area contributed by atoms with E-state index in [0.717, 1.165) is 37.6 Å². The van der Waals surface area contributed by atoms with E-state index in [9.17, 15) is 0 Å². The minimum Gasteiger partial charge on any atom is -0.366 e. The monoisotopic (exact) mass is 641 g/mol. The Bertz CT molecular complexity index is 788. The SMILES string of the molecule is CN1CCN([C@H](N)NC(NC(I)NC2NC=C(C3=CCCS3)S2)SC2C=CC=C(Cl)C2)CC1. The molecule has 0 aromatic heterocycles. The zero-order chi connectivity index (χ0) is 23.2. The minimum atomic E-state index is -0.204. The van der Waals surface area contributed by atoms with Gasteiger partial charge in [0.05, 0.1) is 0 Å². The van der Waals surface area contributed by atoms with Crippen LogP contribution in [0.4, 0.5) is 0 Å². The Morgan fingerprint density at radius 1 is 1.27 bits per heavy atom. The van der Waals surface area contributed by atoms with Gasteiger partial charge >= 0.3 is 0 Å². The number of thioether (sulfide) groups is 3. The van der Waals surface area contributed by atoms with Gasteiger partial charge in [0.25, 0.3) is 0 Å². The van der Waals surface area contributed by atoms with Crippen LogP contribution in [0.25, 0.3) is 0 Å². The maximum absolute atomic E-state index is 6.59. The average molecular weight is 642 g/mol. The van der Waals surface area contributed by atoms with E-state index in [4.69, 9.17) is 17.3 Å². The van der Waals surface area contributed by atoms with Crippen LogP contribution in [-0.2, 0) is 0 Å². The van der Waals surface area contributed by atoms with Crippen LogP contribution in [0.1, 0.15) is 12.8 Å². The molecule has 0 aromatic rings. The van der Waals surface area contributed by atoms with E-state index in [-0.39, 0.29) is 21.5 Å². The van der Waals surface area contributed by atoms with Crippen molar-refractivity contribution in [2.45, 2.75) is 39.5 Å². The summed E-state index contributed by atoms with van der Waals surface area (Å²) in [5.74, 6) is 1.19. The molecule has 0 saturated carbocycles. The fourth-order valence-electron chi connectivity index (χ4n) is 3.83. The molecule has 6 N–H and O–H groups in total. The quantitative estimate of drug-likeness (QED) is 0.106. The highest BCUT2D eigenvalue weighted by atomic mass is 127. The summed E-state index contributed by atoms with van der Waals surface area (Å²) in [5, 5.41) is 15.6. The molecule has 4 aliphatic rings. The van der Waals surface area contributed by atoms with Crippen molar-refractivity contribution < 1.29 is 0 Å². The molecule has 3 aliphatic heterocycles. The van der Waals surface area contributed by atoms with Gasteiger partial charge in [-0.15, -0.1) is 23.5 Å². The molecule has 184 valence electrons. The minimum absolute atomic E-state index is 0.0294. The third kappa shape index (κ3) is 8.31. The third-order valence-corrected chi connectivity index (χ3v) is 10.3. The molecule has 33 heavy (non-hydrogen) atoms. The van der Waals surface area contributed by atoms with E-state index in [1.165, 1.54) is 22.0 Å². The molecule has 1 aliphatic carbocycles. The van der Waals surface area contributed by atoms with Crippen LogP contribution in [0.5, 0.6) is 0 Å². The van der Waals surface area contributed by atoms with Gasteiger partial charge in [-0.25, -0.2) is 0 Å². The maximum atomic E-state index is 6.59. The first-order valence-electron chi connectivity index (χ1n) is 11.2. The van der Waals surface area contributed by atoms with Crippen molar-refractivity contribution >= 4 is 69.5 Å². The van der Waals surface area contributed by atoms with Crippen molar-refractivity contribution in [3.63, 3.8) is 0 Å². The topological polar surface area (TPSA) is 80.6 Å². The van der Waals surface area contributed by atoms with E-state index in [0.29, 0.717) is 5.25 Å². The Morgan fingerprint density at radius 3 is 2.82 bits per heavy atom. The number of hydrogen-bond acceptors (Lipinski definition) is 10. The van der Waals surface area contributed by atoms with Crippen molar-refractivity contribution in [1.82, 2.24) is 31.1 Å². The van der Waals surface area contributed by atoms with Crippen molar-refractivity contribution in [3.8, 4) is 0 Å². The lowest BCUT2D eigenvalue weighted by Gasteiger charge is -2.38. The van der Waals surface area contributed by atoms with Gasteiger partial charge in [0.15, 0.2) is 0 Å².